The van der Waals surface area contributed by atoms with Gasteiger partial charge in [-0.1, -0.05) is 23.7 Å². The van der Waals surface area contributed by atoms with E-state index in [0.717, 1.165) is 12.1 Å². The summed E-state index contributed by atoms with van der Waals surface area (Å²) in [4.78, 5) is 25.8. The molecule has 0 radical (unpaired) electrons. The number of benzene rings is 2. The topological polar surface area (TPSA) is 49.4 Å². The number of rotatable bonds is 3. The number of nitrogens with zero attached hydrogens (tertiary/aromatic N) is 1. The molecule has 0 aromatic heterocycles. The third-order valence-corrected chi connectivity index (χ3v) is 4.31. The molecule has 1 atom stereocenters. The Hall–Kier alpha value is -2.54. The van der Waals surface area contributed by atoms with Crippen LogP contribution in [0.4, 0.5) is 24.5 Å². The highest BCUT2D eigenvalue weighted by molar-refractivity contribution is 6.30. The van der Waals surface area contributed by atoms with Crippen molar-refractivity contribution in [1.29, 1.82) is 0 Å². The predicted octanol–water partition coefficient (Wildman–Crippen LogP) is 4.35. The third kappa shape index (κ3) is 3.99. The van der Waals surface area contributed by atoms with Gasteiger partial charge in [0, 0.05) is 29.4 Å². The second-order valence-electron chi connectivity index (χ2n) is 5.95. The number of carbonyl (C=O) groups excluding carboxylic acids is 2. The van der Waals surface area contributed by atoms with Gasteiger partial charge in [-0.05, 0) is 36.4 Å². The molecule has 2 aromatic carbocycles. The van der Waals surface area contributed by atoms with Crippen LogP contribution in [0, 0.1) is 5.92 Å². The largest absolute Gasteiger partial charge is 0.416 e. The van der Waals surface area contributed by atoms with Crippen molar-refractivity contribution in [3.63, 3.8) is 0 Å². The lowest BCUT2D eigenvalue weighted by atomic mass is 10.1. The molecule has 4 nitrogen and oxygen atoms in total. The standard InChI is InChI=1S/C18H14ClF3N2O2/c19-13-4-2-5-14(9-13)23-17(26)11-7-16(25)24(10-11)15-6-1-3-12(8-15)18(20,21)22/h1-6,8-9,11H,7,10H2,(H,23,26). The van der Waals surface area contributed by atoms with Gasteiger partial charge in [0.05, 0.1) is 11.5 Å². The summed E-state index contributed by atoms with van der Waals surface area (Å²) in [6.45, 7) is 0.0204. The average Bonchev–Trinajstić information content (AvgIpc) is 2.96. The second-order valence-corrected chi connectivity index (χ2v) is 6.39. The van der Waals surface area contributed by atoms with Crippen molar-refractivity contribution in [2.75, 3.05) is 16.8 Å². The minimum Gasteiger partial charge on any atom is -0.326 e. The van der Waals surface area contributed by atoms with Gasteiger partial charge in [-0.15, -0.1) is 0 Å². The summed E-state index contributed by atoms with van der Waals surface area (Å²) in [5, 5.41) is 3.13. The van der Waals surface area contributed by atoms with E-state index < -0.39 is 23.6 Å². The van der Waals surface area contributed by atoms with Crippen molar-refractivity contribution in [3.8, 4) is 0 Å². The molecule has 2 aromatic rings. The van der Waals surface area contributed by atoms with Crippen molar-refractivity contribution in [2.24, 2.45) is 5.92 Å². The Kier molecular flexibility index (Phi) is 4.91. The Balaban J connectivity index is 1.73. The third-order valence-electron chi connectivity index (χ3n) is 4.07. The van der Waals surface area contributed by atoms with Crippen LogP contribution in [0.25, 0.3) is 0 Å². The van der Waals surface area contributed by atoms with Crippen LogP contribution in [0.1, 0.15) is 12.0 Å². The van der Waals surface area contributed by atoms with Gasteiger partial charge in [0.1, 0.15) is 0 Å². The van der Waals surface area contributed by atoms with Crippen molar-refractivity contribution in [2.45, 2.75) is 12.6 Å². The molecule has 1 fully saturated rings. The molecule has 1 aliphatic heterocycles. The van der Waals surface area contributed by atoms with Gasteiger partial charge >= 0.3 is 6.18 Å². The van der Waals surface area contributed by atoms with Crippen LogP contribution in [0.3, 0.4) is 0 Å². The average molecular weight is 383 g/mol. The molecule has 0 saturated carbocycles. The van der Waals surface area contributed by atoms with Gasteiger partial charge in [0.15, 0.2) is 0 Å². The van der Waals surface area contributed by atoms with E-state index in [4.69, 9.17) is 11.6 Å². The van der Waals surface area contributed by atoms with E-state index in [1.54, 1.807) is 24.3 Å². The van der Waals surface area contributed by atoms with Gasteiger partial charge in [-0.2, -0.15) is 13.2 Å². The van der Waals surface area contributed by atoms with Crippen molar-refractivity contribution in [1.82, 2.24) is 0 Å². The predicted molar refractivity (Wildman–Crippen MR) is 92.0 cm³/mol. The van der Waals surface area contributed by atoms with Gasteiger partial charge < -0.3 is 10.2 Å². The van der Waals surface area contributed by atoms with Crippen LogP contribution in [0.2, 0.25) is 5.02 Å². The maximum Gasteiger partial charge on any atom is 0.416 e. The summed E-state index contributed by atoms with van der Waals surface area (Å²) in [6.07, 6.45) is -4.56. The molecule has 1 saturated heterocycles. The summed E-state index contributed by atoms with van der Waals surface area (Å²) in [6, 6.07) is 11.1. The maximum absolute atomic E-state index is 12.9. The first-order valence-corrected chi connectivity index (χ1v) is 8.16. The first-order chi connectivity index (χ1) is 12.2. The Bertz CT molecular complexity index is 854. The van der Waals surface area contributed by atoms with E-state index in [9.17, 15) is 22.8 Å². The SMILES string of the molecule is O=C(Nc1cccc(Cl)c1)C1CC(=O)N(c2cccc(C(F)(F)F)c2)C1. The Labute approximate surface area is 152 Å². The molecule has 1 heterocycles. The van der Waals surface area contributed by atoms with E-state index >= 15 is 0 Å². The van der Waals surface area contributed by atoms with E-state index in [1.165, 1.54) is 17.0 Å². The molecule has 0 bridgehead atoms. The normalized spacial score (nSPS) is 17.5. The summed E-state index contributed by atoms with van der Waals surface area (Å²) in [5.41, 5.74) is -0.218. The van der Waals surface area contributed by atoms with Crippen LogP contribution >= 0.6 is 11.6 Å². The molecule has 8 heteroatoms. The number of nitrogens with one attached hydrogen (secondary N) is 1. The molecule has 1 N–H and O–H groups in total. The maximum atomic E-state index is 12.9. The number of anilines is 2. The van der Waals surface area contributed by atoms with Gasteiger partial charge in [-0.3, -0.25) is 9.59 Å². The van der Waals surface area contributed by atoms with Crippen LogP contribution < -0.4 is 10.2 Å². The molecular weight excluding hydrogens is 369 g/mol. The molecule has 0 aliphatic carbocycles. The van der Waals surface area contributed by atoms with E-state index in [1.807, 2.05) is 0 Å². The Morgan fingerprint density at radius 3 is 2.58 bits per heavy atom. The fourth-order valence-electron chi connectivity index (χ4n) is 2.79. The fraction of sp³-hybridized carbons (Fsp3) is 0.222. The highest BCUT2D eigenvalue weighted by Gasteiger charge is 2.36. The first-order valence-electron chi connectivity index (χ1n) is 7.78. The molecule has 2 amide bonds. The zero-order valence-corrected chi connectivity index (χ0v) is 14.1. The van der Waals surface area contributed by atoms with Crippen molar-refractivity contribution >= 4 is 34.8 Å². The van der Waals surface area contributed by atoms with Crippen LogP contribution in [-0.2, 0) is 15.8 Å². The number of hydrogen-bond acceptors (Lipinski definition) is 2. The smallest absolute Gasteiger partial charge is 0.326 e. The first kappa shape index (κ1) is 18.3. The van der Waals surface area contributed by atoms with E-state index in [0.29, 0.717) is 10.7 Å². The molecular formula is C18H14ClF3N2O2. The van der Waals surface area contributed by atoms with Crippen molar-refractivity contribution in [3.05, 3.63) is 59.1 Å². The minimum atomic E-state index is -4.50. The Morgan fingerprint density at radius 2 is 1.88 bits per heavy atom. The number of alkyl halides is 3. The van der Waals surface area contributed by atoms with Gasteiger partial charge in [0.25, 0.3) is 0 Å². The minimum absolute atomic E-state index is 0.0204. The zero-order chi connectivity index (χ0) is 18.9. The molecule has 136 valence electrons. The zero-order valence-electron chi connectivity index (χ0n) is 13.4. The van der Waals surface area contributed by atoms with Gasteiger partial charge in [-0.25, -0.2) is 0 Å². The fourth-order valence-corrected chi connectivity index (χ4v) is 2.98. The van der Waals surface area contributed by atoms with E-state index in [-0.39, 0.29) is 24.6 Å². The van der Waals surface area contributed by atoms with Crippen LogP contribution in [-0.4, -0.2) is 18.4 Å². The molecule has 1 aliphatic rings. The van der Waals surface area contributed by atoms with E-state index in [2.05, 4.69) is 5.32 Å². The summed E-state index contributed by atoms with van der Waals surface area (Å²) >= 11 is 5.86. The number of carbonyl (C=O) groups is 2. The molecule has 26 heavy (non-hydrogen) atoms. The quantitative estimate of drug-likeness (QED) is 0.858. The second kappa shape index (κ2) is 6.99. The summed E-state index contributed by atoms with van der Waals surface area (Å²) < 4.78 is 38.6. The Morgan fingerprint density at radius 1 is 1.15 bits per heavy atom. The molecule has 3 rings (SSSR count). The summed E-state index contributed by atoms with van der Waals surface area (Å²) in [5.74, 6) is -1.43. The number of halogens is 4. The molecule has 1 unspecified atom stereocenters. The molecule has 0 spiro atoms. The lowest BCUT2D eigenvalue weighted by Crippen LogP contribution is -2.28. The van der Waals surface area contributed by atoms with Crippen LogP contribution in [0.5, 0.6) is 0 Å². The van der Waals surface area contributed by atoms with Crippen LogP contribution in [0.15, 0.2) is 48.5 Å². The van der Waals surface area contributed by atoms with Crippen molar-refractivity contribution < 1.29 is 22.8 Å². The number of hydrogen-bond donors (Lipinski definition) is 1. The summed E-state index contributed by atoms with van der Waals surface area (Å²) in [7, 11) is 0. The highest BCUT2D eigenvalue weighted by Crippen LogP contribution is 2.33. The monoisotopic (exact) mass is 382 g/mol. The van der Waals surface area contributed by atoms with Gasteiger partial charge in [0.2, 0.25) is 11.8 Å². The lowest BCUT2D eigenvalue weighted by Gasteiger charge is -2.18. The highest BCUT2D eigenvalue weighted by atomic mass is 35.5. The number of amides is 2. The lowest BCUT2D eigenvalue weighted by molar-refractivity contribution is -0.137.